The van der Waals surface area contributed by atoms with Crippen molar-refractivity contribution in [1.82, 2.24) is 4.90 Å². The largest absolute Gasteiger partial charge is 0.484 e. The number of aryl methyl sites for hydroxylation is 2. The van der Waals surface area contributed by atoms with Gasteiger partial charge in [0.15, 0.2) is 6.61 Å². The number of hydrogen-bond donors (Lipinski definition) is 1. The number of carbonyl (C=O) groups excluding carboxylic acids is 1. The first-order valence-electron chi connectivity index (χ1n) is 10.4. The molecular weight excluding hydrogens is 366 g/mol. The van der Waals surface area contributed by atoms with Gasteiger partial charge in [0.1, 0.15) is 5.75 Å². The lowest BCUT2D eigenvalue weighted by Gasteiger charge is -2.39. The number of nitrogens with zero attached hydrogens (tertiary/aromatic N) is 1. The molecule has 2 aromatic carbocycles. The highest BCUT2D eigenvalue weighted by atomic mass is 16.5. The summed E-state index contributed by atoms with van der Waals surface area (Å²) in [4.78, 5) is 26.4. The summed E-state index contributed by atoms with van der Waals surface area (Å²) in [6.07, 6.45) is 5.46. The van der Waals surface area contributed by atoms with Crippen molar-refractivity contribution in [2.24, 2.45) is 0 Å². The van der Waals surface area contributed by atoms with Crippen molar-refractivity contribution < 1.29 is 19.4 Å². The summed E-state index contributed by atoms with van der Waals surface area (Å²) < 4.78 is 5.76. The number of aliphatic carboxylic acids is 1. The van der Waals surface area contributed by atoms with Crippen LogP contribution in [0, 0.1) is 0 Å². The van der Waals surface area contributed by atoms with Crippen LogP contribution < -0.4 is 4.74 Å². The molecule has 1 N–H and O–H groups in total. The van der Waals surface area contributed by atoms with E-state index in [1.165, 1.54) is 24.0 Å². The van der Waals surface area contributed by atoms with E-state index in [1.807, 2.05) is 36.4 Å². The van der Waals surface area contributed by atoms with Crippen LogP contribution in [0.2, 0.25) is 0 Å². The van der Waals surface area contributed by atoms with Crippen molar-refractivity contribution >= 4 is 11.9 Å². The van der Waals surface area contributed by atoms with Crippen LogP contribution in [0.1, 0.15) is 42.4 Å². The monoisotopic (exact) mass is 393 g/mol. The summed E-state index contributed by atoms with van der Waals surface area (Å²) in [6, 6.07) is 15.5. The van der Waals surface area contributed by atoms with Crippen LogP contribution in [-0.2, 0) is 27.8 Å². The van der Waals surface area contributed by atoms with E-state index in [-0.39, 0.29) is 12.5 Å². The molecule has 152 valence electrons. The number of amides is 1. The van der Waals surface area contributed by atoms with Crippen molar-refractivity contribution in [3.05, 3.63) is 65.2 Å². The number of likely N-dealkylation sites (tertiary alicyclic amines) is 1. The van der Waals surface area contributed by atoms with Gasteiger partial charge in [-0.3, -0.25) is 9.59 Å². The highest BCUT2D eigenvalue weighted by Crippen LogP contribution is 2.36. The number of hydrogen-bond acceptors (Lipinski definition) is 3. The van der Waals surface area contributed by atoms with E-state index in [0.717, 1.165) is 24.2 Å². The van der Waals surface area contributed by atoms with Crippen LogP contribution in [0.15, 0.2) is 48.5 Å². The summed E-state index contributed by atoms with van der Waals surface area (Å²) >= 11 is 0. The Morgan fingerprint density at radius 1 is 0.966 bits per heavy atom. The second-order valence-electron chi connectivity index (χ2n) is 8.06. The average Bonchev–Trinajstić information content (AvgIpc) is 2.78. The zero-order valence-corrected chi connectivity index (χ0v) is 16.6. The van der Waals surface area contributed by atoms with Gasteiger partial charge < -0.3 is 14.7 Å². The van der Waals surface area contributed by atoms with Gasteiger partial charge in [0, 0.05) is 13.1 Å². The van der Waals surface area contributed by atoms with Crippen molar-refractivity contribution in [2.75, 3.05) is 19.7 Å². The van der Waals surface area contributed by atoms with Crippen molar-refractivity contribution in [2.45, 2.75) is 43.9 Å². The van der Waals surface area contributed by atoms with E-state index in [9.17, 15) is 14.7 Å². The van der Waals surface area contributed by atoms with Gasteiger partial charge in [-0.2, -0.15) is 0 Å². The van der Waals surface area contributed by atoms with E-state index < -0.39 is 11.4 Å². The fourth-order valence-electron chi connectivity index (χ4n) is 4.56. The maximum atomic E-state index is 12.6. The number of benzene rings is 2. The molecule has 0 saturated carbocycles. The highest BCUT2D eigenvalue weighted by molar-refractivity contribution is 5.83. The molecule has 1 saturated heterocycles. The smallest absolute Gasteiger partial charge is 0.314 e. The predicted molar refractivity (Wildman–Crippen MR) is 110 cm³/mol. The third-order valence-corrected chi connectivity index (χ3v) is 6.39. The highest BCUT2D eigenvalue weighted by Gasteiger charge is 2.43. The standard InChI is InChI=1S/C24H27NO4/c26-22(17-29-21-11-10-18-6-4-5-7-19(18)16-21)25-14-12-24(13-15-25,23(27)28)20-8-2-1-3-9-20/h1-3,8-11,16H,4-7,12-15,17H2,(H,27,28). The first kappa shape index (κ1) is 19.5. The van der Waals surface area contributed by atoms with Crippen molar-refractivity contribution in [3.8, 4) is 5.75 Å². The van der Waals surface area contributed by atoms with E-state index >= 15 is 0 Å². The van der Waals surface area contributed by atoms with Crippen LogP contribution >= 0.6 is 0 Å². The van der Waals surface area contributed by atoms with Crippen LogP contribution in [0.3, 0.4) is 0 Å². The van der Waals surface area contributed by atoms with Crippen LogP contribution in [0.4, 0.5) is 0 Å². The lowest BCUT2D eigenvalue weighted by molar-refractivity contribution is -0.148. The van der Waals surface area contributed by atoms with Crippen LogP contribution in [0.25, 0.3) is 0 Å². The molecule has 0 spiro atoms. The van der Waals surface area contributed by atoms with Gasteiger partial charge in [-0.25, -0.2) is 0 Å². The van der Waals surface area contributed by atoms with E-state index in [4.69, 9.17) is 4.74 Å². The molecule has 1 amide bonds. The number of rotatable bonds is 5. The molecule has 0 bridgehead atoms. The second kappa shape index (κ2) is 8.27. The first-order chi connectivity index (χ1) is 14.1. The quantitative estimate of drug-likeness (QED) is 0.843. The maximum Gasteiger partial charge on any atom is 0.314 e. The lowest BCUT2D eigenvalue weighted by Crippen LogP contribution is -2.50. The fourth-order valence-corrected chi connectivity index (χ4v) is 4.56. The predicted octanol–water partition coefficient (Wildman–Crippen LogP) is 3.59. The Labute approximate surface area is 171 Å². The lowest BCUT2D eigenvalue weighted by atomic mass is 9.73. The number of carboxylic acids is 1. The molecule has 2 aromatic rings. The van der Waals surface area contributed by atoms with Gasteiger partial charge in [-0.1, -0.05) is 36.4 Å². The number of piperidine rings is 1. The zero-order chi connectivity index (χ0) is 20.3. The Morgan fingerprint density at radius 3 is 2.34 bits per heavy atom. The van der Waals surface area contributed by atoms with E-state index in [1.54, 1.807) is 4.90 Å². The third-order valence-electron chi connectivity index (χ3n) is 6.39. The molecule has 5 heteroatoms. The molecule has 0 aromatic heterocycles. The molecule has 2 aliphatic rings. The minimum atomic E-state index is -0.919. The SMILES string of the molecule is O=C(COc1ccc2c(c1)CCCC2)N1CCC(C(=O)O)(c2ccccc2)CC1. The van der Waals surface area contributed by atoms with Crippen molar-refractivity contribution in [1.29, 1.82) is 0 Å². The van der Waals surface area contributed by atoms with Gasteiger partial charge >= 0.3 is 5.97 Å². The Balaban J connectivity index is 1.36. The van der Waals surface area contributed by atoms with Gasteiger partial charge in [0.2, 0.25) is 0 Å². The molecule has 1 aliphatic carbocycles. The molecule has 1 aliphatic heterocycles. The molecule has 0 unspecified atom stereocenters. The Bertz CT molecular complexity index is 885. The Kier molecular flexibility index (Phi) is 5.56. The molecule has 1 fully saturated rings. The van der Waals surface area contributed by atoms with E-state index in [2.05, 4.69) is 12.1 Å². The minimum Gasteiger partial charge on any atom is -0.484 e. The third kappa shape index (κ3) is 4.00. The molecule has 1 heterocycles. The number of carboxylic acid groups (broad SMARTS) is 1. The second-order valence-corrected chi connectivity index (χ2v) is 8.06. The summed E-state index contributed by atoms with van der Waals surface area (Å²) in [5.74, 6) is -0.170. The number of carbonyl (C=O) groups is 2. The number of fused-ring (bicyclic) bond motifs is 1. The summed E-state index contributed by atoms with van der Waals surface area (Å²) in [6.45, 7) is 0.839. The molecule has 5 nitrogen and oxygen atoms in total. The van der Waals surface area contributed by atoms with Crippen molar-refractivity contribution in [3.63, 3.8) is 0 Å². The normalized spacial score (nSPS) is 18.0. The summed E-state index contributed by atoms with van der Waals surface area (Å²) in [7, 11) is 0. The Morgan fingerprint density at radius 2 is 1.66 bits per heavy atom. The zero-order valence-electron chi connectivity index (χ0n) is 16.6. The minimum absolute atomic E-state index is 0.00973. The van der Waals surface area contributed by atoms with Crippen LogP contribution in [0.5, 0.6) is 5.75 Å². The molecule has 4 rings (SSSR count). The average molecular weight is 393 g/mol. The van der Waals surface area contributed by atoms with Gasteiger partial charge in [0.05, 0.1) is 5.41 Å². The number of ether oxygens (including phenoxy) is 1. The summed E-state index contributed by atoms with van der Waals surface area (Å²) in [5, 5.41) is 9.89. The topological polar surface area (TPSA) is 66.8 Å². The van der Waals surface area contributed by atoms with Gasteiger partial charge in [-0.15, -0.1) is 0 Å². The van der Waals surface area contributed by atoms with Gasteiger partial charge in [0.25, 0.3) is 5.91 Å². The Hall–Kier alpha value is -2.82. The first-order valence-corrected chi connectivity index (χ1v) is 10.4. The van der Waals surface area contributed by atoms with Crippen LogP contribution in [-0.4, -0.2) is 41.6 Å². The molecule has 29 heavy (non-hydrogen) atoms. The van der Waals surface area contributed by atoms with Gasteiger partial charge in [-0.05, 0) is 67.3 Å². The molecule has 0 radical (unpaired) electrons. The molecular formula is C24H27NO4. The fraction of sp³-hybridized carbons (Fsp3) is 0.417. The maximum absolute atomic E-state index is 12.6. The molecule has 0 atom stereocenters. The van der Waals surface area contributed by atoms with E-state index in [0.29, 0.717) is 25.9 Å². The summed E-state index contributed by atoms with van der Waals surface area (Å²) in [5.41, 5.74) is 2.60.